The Balaban J connectivity index is 1.54. The first-order chi connectivity index (χ1) is 9.83. The number of piperidine rings is 1. The van der Waals surface area contributed by atoms with Crippen molar-refractivity contribution in [2.45, 2.75) is 43.9 Å². The predicted octanol–water partition coefficient (Wildman–Crippen LogP) is 1.81. The van der Waals surface area contributed by atoms with E-state index in [0.717, 1.165) is 19.4 Å². The smallest absolute Gasteiger partial charge is 0.238 e. The van der Waals surface area contributed by atoms with E-state index in [1.54, 1.807) is 11.3 Å². The number of amides is 1. The molecule has 108 valence electrons. The van der Waals surface area contributed by atoms with Crippen LogP contribution in [0.4, 0.5) is 0 Å². The van der Waals surface area contributed by atoms with Crippen molar-refractivity contribution in [1.82, 2.24) is 15.1 Å². The van der Waals surface area contributed by atoms with Crippen molar-refractivity contribution < 1.29 is 4.79 Å². The van der Waals surface area contributed by atoms with Crippen molar-refractivity contribution in [3.8, 4) is 0 Å². The number of fused-ring (bicyclic) bond motifs is 1. The van der Waals surface area contributed by atoms with E-state index in [1.807, 2.05) is 0 Å². The van der Waals surface area contributed by atoms with Crippen molar-refractivity contribution in [3.05, 3.63) is 22.4 Å². The van der Waals surface area contributed by atoms with Crippen molar-refractivity contribution in [1.29, 1.82) is 0 Å². The van der Waals surface area contributed by atoms with Gasteiger partial charge in [-0.2, -0.15) is 11.3 Å². The summed E-state index contributed by atoms with van der Waals surface area (Å²) < 4.78 is 0. The van der Waals surface area contributed by atoms with E-state index in [1.165, 1.54) is 24.9 Å². The largest absolute Gasteiger partial charge is 0.319 e. The van der Waals surface area contributed by atoms with Crippen molar-refractivity contribution in [2.75, 3.05) is 19.6 Å². The minimum Gasteiger partial charge on any atom is -0.319 e. The Hall–Kier alpha value is -0.910. The summed E-state index contributed by atoms with van der Waals surface area (Å²) in [5.74, 6) is 0.276. The van der Waals surface area contributed by atoms with Crippen LogP contribution in [0.1, 0.15) is 37.4 Å². The third-order valence-electron chi connectivity index (χ3n) is 5.06. The van der Waals surface area contributed by atoms with Gasteiger partial charge < -0.3 is 9.80 Å². The average molecular weight is 291 g/mol. The van der Waals surface area contributed by atoms with Gasteiger partial charge in [-0.3, -0.25) is 10.1 Å². The van der Waals surface area contributed by atoms with Crippen LogP contribution in [0.25, 0.3) is 0 Å². The minimum atomic E-state index is 0.103. The maximum atomic E-state index is 12.3. The lowest BCUT2D eigenvalue weighted by molar-refractivity contribution is -0.131. The van der Waals surface area contributed by atoms with Crippen LogP contribution in [0, 0.1) is 0 Å². The van der Waals surface area contributed by atoms with E-state index in [9.17, 15) is 4.79 Å². The summed E-state index contributed by atoms with van der Waals surface area (Å²) in [5.41, 5.74) is 1.25. The van der Waals surface area contributed by atoms with Crippen molar-refractivity contribution in [3.63, 3.8) is 0 Å². The highest BCUT2D eigenvalue weighted by Gasteiger charge is 2.41. The molecule has 5 heteroatoms. The molecule has 0 saturated carbocycles. The predicted molar refractivity (Wildman–Crippen MR) is 79.5 cm³/mol. The zero-order valence-corrected chi connectivity index (χ0v) is 12.4. The lowest BCUT2D eigenvalue weighted by Crippen LogP contribution is -2.49. The van der Waals surface area contributed by atoms with Gasteiger partial charge in [0.05, 0.1) is 6.54 Å². The number of rotatable bonds is 2. The SMILES string of the molecule is O=C1CNC(c2ccsc2)N1C1CCN2CCCC2C1. The zero-order valence-electron chi connectivity index (χ0n) is 11.6. The Morgan fingerprint density at radius 3 is 3.05 bits per heavy atom. The fraction of sp³-hybridized carbons (Fsp3) is 0.667. The lowest BCUT2D eigenvalue weighted by Gasteiger charge is -2.41. The fourth-order valence-electron chi connectivity index (χ4n) is 4.10. The number of nitrogens with zero attached hydrogens (tertiary/aromatic N) is 2. The summed E-state index contributed by atoms with van der Waals surface area (Å²) in [6, 6.07) is 3.27. The highest BCUT2D eigenvalue weighted by molar-refractivity contribution is 7.07. The lowest BCUT2D eigenvalue weighted by atomic mass is 9.95. The van der Waals surface area contributed by atoms with Crippen LogP contribution in [0.3, 0.4) is 0 Å². The molecular formula is C15H21N3OS. The quantitative estimate of drug-likeness (QED) is 0.902. The van der Waals surface area contributed by atoms with E-state index in [2.05, 4.69) is 31.9 Å². The zero-order chi connectivity index (χ0) is 13.5. The van der Waals surface area contributed by atoms with Crippen LogP contribution < -0.4 is 5.32 Å². The molecule has 0 aliphatic carbocycles. The van der Waals surface area contributed by atoms with Crippen LogP contribution in [-0.4, -0.2) is 47.4 Å². The molecule has 0 spiro atoms. The van der Waals surface area contributed by atoms with E-state index < -0.39 is 0 Å². The Kier molecular flexibility index (Phi) is 3.28. The number of carbonyl (C=O) groups is 1. The summed E-state index contributed by atoms with van der Waals surface area (Å²) in [5, 5.41) is 7.64. The molecule has 0 aromatic carbocycles. The van der Waals surface area contributed by atoms with Crippen LogP contribution >= 0.6 is 11.3 Å². The molecule has 1 N–H and O–H groups in total. The Morgan fingerprint density at radius 2 is 2.20 bits per heavy atom. The Morgan fingerprint density at radius 1 is 1.25 bits per heavy atom. The third-order valence-corrected chi connectivity index (χ3v) is 5.76. The normalized spacial score (nSPS) is 34.7. The Labute approximate surface area is 123 Å². The number of hydrogen-bond acceptors (Lipinski definition) is 4. The molecule has 3 aliphatic heterocycles. The molecule has 0 radical (unpaired) electrons. The maximum absolute atomic E-state index is 12.3. The standard InChI is InChI=1S/C15H21N3OS/c19-14-9-16-15(11-4-7-20-10-11)18(14)13-3-6-17-5-1-2-12(17)8-13/h4,7,10,12-13,15-16H,1-3,5-6,8-9H2. The van der Waals surface area contributed by atoms with E-state index in [-0.39, 0.29) is 12.1 Å². The van der Waals surface area contributed by atoms with Crippen LogP contribution in [0.2, 0.25) is 0 Å². The molecule has 20 heavy (non-hydrogen) atoms. The molecular weight excluding hydrogens is 270 g/mol. The number of thiophene rings is 1. The van der Waals surface area contributed by atoms with Gasteiger partial charge in [-0.1, -0.05) is 0 Å². The summed E-state index contributed by atoms with van der Waals surface area (Å²) in [7, 11) is 0. The Bertz CT molecular complexity index is 489. The second-order valence-corrected chi connectivity index (χ2v) is 6.93. The van der Waals surface area contributed by atoms with Crippen LogP contribution in [-0.2, 0) is 4.79 Å². The van der Waals surface area contributed by atoms with Crippen LogP contribution in [0.15, 0.2) is 16.8 Å². The molecule has 3 atom stereocenters. The molecule has 3 saturated heterocycles. The van der Waals surface area contributed by atoms with Crippen molar-refractivity contribution >= 4 is 17.2 Å². The molecule has 4 rings (SSSR count). The van der Waals surface area contributed by atoms with E-state index >= 15 is 0 Å². The minimum absolute atomic E-state index is 0.103. The number of hydrogen-bond donors (Lipinski definition) is 1. The maximum Gasteiger partial charge on any atom is 0.238 e. The average Bonchev–Trinajstić information content (AvgIpc) is 3.17. The van der Waals surface area contributed by atoms with Crippen molar-refractivity contribution in [2.24, 2.45) is 0 Å². The van der Waals surface area contributed by atoms with E-state index in [0.29, 0.717) is 18.6 Å². The molecule has 1 aromatic rings. The summed E-state index contributed by atoms with van der Waals surface area (Å²) >= 11 is 1.71. The van der Waals surface area contributed by atoms with Gasteiger partial charge in [-0.25, -0.2) is 0 Å². The van der Waals surface area contributed by atoms with Gasteiger partial charge in [-0.05, 0) is 54.6 Å². The second-order valence-electron chi connectivity index (χ2n) is 6.15. The van der Waals surface area contributed by atoms with Gasteiger partial charge in [0.1, 0.15) is 6.17 Å². The van der Waals surface area contributed by atoms with Gasteiger partial charge in [0.15, 0.2) is 0 Å². The topological polar surface area (TPSA) is 35.6 Å². The molecule has 1 aromatic heterocycles. The van der Waals surface area contributed by atoms with Gasteiger partial charge in [0.25, 0.3) is 0 Å². The van der Waals surface area contributed by atoms with Gasteiger partial charge in [0.2, 0.25) is 5.91 Å². The number of nitrogens with one attached hydrogen (secondary N) is 1. The van der Waals surface area contributed by atoms with Crippen LogP contribution in [0.5, 0.6) is 0 Å². The van der Waals surface area contributed by atoms with Gasteiger partial charge >= 0.3 is 0 Å². The first kappa shape index (κ1) is 12.8. The second kappa shape index (κ2) is 5.13. The highest BCUT2D eigenvalue weighted by atomic mass is 32.1. The summed E-state index contributed by atoms with van der Waals surface area (Å²) in [6.45, 7) is 2.92. The first-order valence-electron chi connectivity index (χ1n) is 7.63. The molecule has 1 amide bonds. The first-order valence-corrected chi connectivity index (χ1v) is 8.58. The molecule has 0 bridgehead atoms. The van der Waals surface area contributed by atoms with Gasteiger partial charge in [0, 0.05) is 18.6 Å². The van der Waals surface area contributed by atoms with Gasteiger partial charge in [-0.15, -0.1) is 0 Å². The molecule has 3 unspecified atom stereocenters. The fourth-order valence-corrected chi connectivity index (χ4v) is 4.78. The number of carbonyl (C=O) groups excluding carboxylic acids is 1. The molecule has 3 aliphatic rings. The monoisotopic (exact) mass is 291 g/mol. The molecule has 4 nitrogen and oxygen atoms in total. The molecule has 4 heterocycles. The third kappa shape index (κ3) is 2.08. The summed E-state index contributed by atoms with van der Waals surface area (Å²) in [6.07, 6.45) is 5.04. The highest BCUT2D eigenvalue weighted by Crippen LogP contribution is 2.34. The summed E-state index contributed by atoms with van der Waals surface area (Å²) in [4.78, 5) is 17.1. The van der Waals surface area contributed by atoms with E-state index in [4.69, 9.17) is 0 Å². The molecule has 3 fully saturated rings.